The van der Waals surface area contributed by atoms with Crippen LogP contribution in [0.5, 0.6) is 0 Å². The summed E-state index contributed by atoms with van der Waals surface area (Å²) in [6, 6.07) is 8.76. The zero-order valence-corrected chi connectivity index (χ0v) is 10.9. The van der Waals surface area contributed by atoms with Crippen LogP contribution in [0.3, 0.4) is 0 Å². The summed E-state index contributed by atoms with van der Waals surface area (Å²) in [6.45, 7) is 0.507. The van der Waals surface area contributed by atoms with Gasteiger partial charge in [0.05, 0.1) is 13.7 Å². The topological polar surface area (TPSA) is 103 Å². The van der Waals surface area contributed by atoms with E-state index >= 15 is 0 Å². The van der Waals surface area contributed by atoms with Gasteiger partial charge in [-0.15, -0.1) is 0 Å². The Labute approximate surface area is 115 Å². The lowest BCUT2D eigenvalue weighted by Gasteiger charge is -2.03. The Balaban J connectivity index is 2.10. The molecule has 1 aromatic carbocycles. The maximum Gasteiger partial charge on any atom is 0.358 e. The lowest BCUT2D eigenvalue weighted by molar-refractivity contribution is 0.0593. The van der Waals surface area contributed by atoms with E-state index in [4.69, 9.17) is 10.9 Å². The first-order valence-electron chi connectivity index (χ1n) is 5.82. The zero-order chi connectivity index (χ0) is 14.5. The van der Waals surface area contributed by atoms with Crippen LogP contribution < -0.4 is 5.73 Å². The van der Waals surface area contributed by atoms with Gasteiger partial charge in [-0.1, -0.05) is 29.4 Å². The maximum absolute atomic E-state index is 11.3. The minimum atomic E-state index is -0.467. The molecule has 0 aliphatic carbocycles. The molecule has 0 spiro atoms. The van der Waals surface area contributed by atoms with Crippen molar-refractivity contribution >= 4 is 11.8 Å². The molecule has 0 aliphatic heterocycles. The van der Waals surface area contributed by atoms with Crippen LogP contribution in [0.25, 0.3) is 0 Å². The quantitative estimate of drug-likeness (QED) is 0.282. The summed E-state index contributed by atoms with van der Waals surface area (Å²) in [6.07, 6.45) is 1.70. The Hall–Kier alpha value is -2.83. The Morgan fingerprint density at radius 3 is 2.70 bits per heavy atom. The van der Waals surface area contributed by atoms with Crippen molar-refractivity contribution in [3.8, 4) is 0 Å². The summed E-state index contributed by atoms with van der Waals surface area (Å²) in [4.78, 5) is 11.3. The molecule has 7 heteroatoms. The molecule has 2 aromatic rings. The smallest absolute Gasteiger partial charge is 0.358 e. The lowest BCUT2D eigenvalue weighted by atomic mass is 10.1. The van der Waals surface area contributed by atoms with Gasteiger partial charge in [-0.2, -0.15) is 5.10 Å². The number of nitrogens with zero attached hydrogens (tertiary/aromatic N) is 3. The van der Waals surface area contributed by atoms with Crippen molar-refractivity contribution in [1.29, 1.82) is 0 Å². The van der Waals surface area contributed by atoms with E-state index in [1.165, 1.54) is 7.11 Å². The average Bonchev–Trinajstić information content (AvgIpc) is 2.95. The number of benzene rings is 1. The number of nitrogens with two attached hydrogens (primary N) is 1. The van der Waals surface area contributed by atoms with E-state index in [0.29, 0.717) is 12.1 Å². The van der Waals surface area contributed by atoms with Gasteiger partial charge in [0.1, 0.15) is 0 Å². The molecule has 2 rings (SSSR count). The molecule has 0 bridgehead atoms. The van der Waals surface area contributed by atoms with Crippen LogP contribution in [0.4, 0.5) is 0 Å². The number of hydrogen-bond donors (Lipinski definition) is 2. The van der Waals surface area contributed by atoms with Crippen LogP contribution in [-0.2, 0) is 11.3 Å². The predicted molar refractivity (Wildman–Crippen MR) is 71.6 cm³/mol. The summed E-state index contributed by atoms with van der Waals surface area (Å²) in [5.41, 5.74) is 7.35. The van der Waals surface area contributed by atoms with Gasteiger partial charge in [0, 0.05) is 11.8 Å². The fraction of sp³-hybridized carbons (Fsp3) is 0.154. The molecule has 0 fully saturated rings. The molecule has 3 N–H and O–H groups in total. The van der Waals surface area contributed by atoms with E-state index in [2.05, 4.69) is 15.0 Å². The Morgan fingerprint density at radius 2 is 2.10 bits per heavy atom. The molecule has 7 nitrogen and oxygen atoms in total. The highest BCUT2D eigenvalue weighted by Gasteiger charge is 2.09. The first kappa shape index (κ1) is 13.6. The van der Waals surface area contributed by atoms with Gasteiger partial charge in [0.2, 0.25) is 0 Å². The van der Waals surface area contributed by atoms with Gasteiger partial charge in [-0.3, -0.25) is 4.68 Å². The molecule has 1 aromatic heterocycles. The summed E-state index contributed by atoms with van der Waals surface area (Å²) >= 11 is 0. The van der Waals surface area contributed by atoms with Crippen molar-refractivity contribution in [1.82, 2.24) is 9.78 Å². The molecule has 20 heavy (non-hydrogen) atoms. The number of oxime groups is 1. The first-order valence-corrected chi connectivity index (χ1v) is 5.82. The van der Waals surface area contributed by atoms with Crippen molar-refractivity contribution < 1.29 is 14.7 Å². The molecule has 1 heterocycles. The van der Waals surface area contributed by atoms with E-state index in [1.54, 1.807) is 29.1 Å². The average molecular weight is 274 g/mol. The van der Waals surface area contributed by atoms with Crippen LogP contribution in [0.1, 0.15) is 21.6 Å². The fourth-order valence-corrected chi connectivity index (χ4v) is 1.69. The van der Waals surface area contributed by atoms with Crippen molar-refractivity contribution in [2.24, 2.45) is 10.9 Å². The maximum atomic E-state index is 11.3. The predicted octanol–water partition coefficient (Wildman–Crippen LogP) is 0.813. The van der Waals surface area contributed by atoms with Gasteiger partial charge in [-0.25, -0.2) is 4.79 Å². The molecule has 0 saturated carbocycles. The fourth-order valence-electron chi connectivity index (χ4n) is 1.69. The van der Waals surface area contributed by atoms with E-state index in [-0.39, 0.29) is 11.5 Å². The highest BCUT2D eigenvalue weighted by Crippen LogP contribution is 2.07. The number of rotatable bonds is 4. The Bertz CT molecular complexity index is 631. The minimum Gasteiger partial charge on any atom is -0.464 e. The number of esters is 1. The van der Waals surface area contributed by atoms with Gasteiger partial charge >= 0.3 is 5.97 Å². The molecule has 0 unspecified atom stereocenters. The van der Waals surface area contributed by atoms with Gasteiger partial charge in [-0.05, 0) is 11.6 Å². The third kappa shape index (κ3) is 2.94. The number of amidine groups is 1. The third-order valence-electron chi connectivity index (χ3n) is 2.74. The third-order valence-corrected chi connectivity index (χ3v) is 2.74. The molecular formula is C13H14N4O3. The second kappa shape index (κ2) is 5.87. The first-order chi connectivity index (χ1) is 9.63. The molecule has 0 radical (unpaired) electrons. The lowest BCUT2D eigenvalue weighted by Crippen LogP contribution is -2.13. The Morgan fingerprint density at radius 1 is 1.40 bits per heavy atom. The zero-order valence-electron chi connectivity index (χ0n) is 10.9. The molecule has 0 aliphatic rings. The number of ether oxygens (including phenoxy) is 1. The van der Waals surface area contributed by atoms with E-state index < -0.39 is 5.97 Å². The molecule has 104 valence electrons. The van der Waals surface area contributed by atoms with Crippen molar-refractivity contribution in [3.05, 3.63) is 53.3 Å². The molecule has 0 saturated heterocycles. The number of methoxy groups -OCH3 is 1. The monoisotopic (exact) mass is 274 g/mol. The van der Waals surface area contributed by atoms with Crippen LogP contribution >= 0.6 is 0 Å². The van der Waals surface area contributed by atoms with Crippen LogP contribution in [-0.4, -0.2) is 33.9 Å². The van der Waals surface area contributed by atoms with Crippen LogP contribution in [0.2, 0.25) is 0 Å². The van der Waals surface area contributed by atoms with Gasteiger partial charge in [0.25, 0.3) is 0 Å². The second-order valence-corrected chi connectivity index (χ2v) is 4.07. The van der Waals surface area contributed by atoms with Gasteiger partial charge < -0.3 is 15.7 Å². The Kier molecular flexibility index (Phi) is 3.99. The summed E-state index contributed by atoms with van der Waals surface area (Å²) in [5, 5.41) is 15.6. The largest absolute Gasteiger partial charge is 0.464 e. The molecular weight excluding hydrogens is 260 g/mol. The van der Waals surface area contributed by atoms with Gasteiger partial charge in [0.15, 0.2) is 11.5 Å². The normalized spacial score (nSPS) is 11.3. The highest BCUT2D eigenvalue weighted by atomic mass is 16.5. The van der Waals surface area contributed by atoms with Crippen molar-refractivity contribution in [2.45, 2.75) is 6.54 Å². The summed E-state index contributed by atoms with van der Waals surface area (Å²) in [7, 11) is 1.31. The van der Waals surface area contributed by atoms with Crippen molar-refractivity contribution in [3.63, 3.8) is 0 Å². The SMILES string of the molecule is COC(=O)c1ccn(Cc2ccc(/C(N)=N/O)cc2)n1. The second-order valence-electron chi connectivity index (χ2n) is 4.07. The molecule has 0 amide bonds. The summed E-state index contributed by atoms with van der Waals surface area (Å²) < 4.78 is 6.22. The van der Waals surface area contributed by atoms with E-state index in [9.17, 15) is 4.79 Å². The standard InChI is InChI=1S/C13H14N4O3/c1-20-13(18)11-6-7-17(15-11)8-9-2-4-10(5-3-9)12(14)16-19/h2-7,19H,8H2,1H3,(H2,14,16). The summed E-state index contributed by atoms with van der Waals surface area (Å²) in [5.74, 6) is -0.408. The van der Waals surface area contributed by atoms with E-state index in [1.807, 2.05) is 12.1 Å². The number of carbonyl (C=O) groups is 1. The van der Waals surface area contributed by atoms with Crippen LogP contribution in [0, 0.1) is 0 Å². The van der Waals surface area contributed by atoms with E-state index in [0.717, 1.165) is 5.56 Å². The highest BCUT2D eigenvalue weighted by molar-refractivity contribution is 5.96. The number of carbonyl (C=O) groups excluding carboxylic acids is 1. The number of aromatic nitrogens is 2. The molecule has 0 atom stereocenters. The van der Waals surface area contributed by atoms with Crippen molar-refractivity contribution in [2.75, 3.05) is 7.11 Å². The minimum absolute atomic E-state index is 0.0589. The number of hydrogen-bond acceptors (Lipinski definition) is 5. The van der Waals surface area contributed by atoms with Crippen LogP contribution in [0.15, 0.2) is 41.7 Å².